The van der Waals surface area contributed by atoms with Crippen molar-refractivity contribution < 1.29 is 4.74 Å². The molecule has 0 radical (unpaired) electrons. The molecule has 2 fully saturated rings. The highest BCUT2D eigenvalue weighted by Gasteiger charge is 2.33. The number of nitrogens with one attached hydrogen (secondary N) is 1. The lowest BCUT2D eigenvalue weighted by molar-refractivity contribution is 0.274. The SMILES string of the molecule is Cc1cccc2cccc(-c3cc4c5c(nc(=O)n(-c6ccccc6C6CC6)c5c3)N3CCNCC3CO4)c12. The van der Waals surface area contributed by atoms with Crippen molar-refractivity contribution in [3.8, 4) is 22.6 Å². The molecular formula is C33H30N4O2. The van der Waals surface area contributed by atoms with Crippen LogP contribution in [0.1, 0.15) is 29.9 Å². The lowest BCUT2D eigenvalue weighted by Gasteiger charge is -2.35. The van der Waals surface area contributed by atoms with Gasteiger partial charge in [0.1, 0.15) is 18.2 Å². The first-order valence-electron chi connectivity index (χ1n) is 14.0. The van der Waals surface area contributed by atoms with Gasteiger partial charge in [-0.3, -0.25) is 4.57 Å². The number of hydrogen-bond acceptors (Lipinski definition) is 5. The molecule has 0 amide bonds. The summed E-state index contributed by atoms with van der Waals surface area (Å²) < 4.78 is 8.41. The minimum atomic E-state index is -0.234. The van der Waals surface area contributed by atoms with Crippen molar-refractivity contribution in [3.63, 3.8) is 0 Å². The van der Waals surface area contributed by atoms with Crippen molar-refractivity contribution in [2.75, 3.05) is 31.1 Å². The average Bonchev–Trinajstić information content (AvgIpc) is 3.82. The molecule has 3 aliphatic rings. The van der Waals surface area contributed by atoms with E-state index in [1.165, 1.54) is 21.9 Å². The van der Waals surface area contributed by atoms with E-state index >= 15 is 0 Å². The Morgan fingerprint density at radius 3 is 2.69 bits per heavy atom. The molecule has 1 unspecified atom stereocenters. The number of hydrogen-bond donors (Lipinski definition) is 1. The topological polar surface area (TPSA) is 59.4 Å². The minimum absolute atomic E-state index is 0.124. The van der Waals surface area contributed by atoms with Crippen molar-refractivity contribution in [1.29, 1.82) is 0 Å². The zero-order valence-corrected chi connectivity index (χ0v) is 22.0. The number of rotatable bonds is 3. The third-order valence-electron chi connectivity index (χ3n) is 8.61. The van der Waals surface area contributed by atoms with E-state index in [0.717, 1.165) is 71.8 Å². The Kier molecular flexibility index (Phi) is 5.07. The van der Waals surface area contributed by atoms with E-state index in [-0.39, 0.29) is 11.7 Å². The second-order valence-corrected chi connectivity index (χ2v) is 11.1. The number of para-hydroxylation sites is 1. The Balaban J connectivity index is 1.48. The number of aromatic nitrogens is 2. The summed E-state index contributed by atoms with van der Waals surface area (Å²) in [5, 5.41) is 6.83. The van der Waals surface area contributed by atoms with Gasteiger partial charge >= 0.3 is 5.69 Å². The molecule has 5 aromatic rings. The summed E-state index contributed by atoms with van der Waals surface area (Å²) in [5.74, 6) is 2.04. The predicted octanol–water partition coefficient (Wildman–Crippen LogP) is 5.56. The number of nitrogens with zero attached hydrogens (tertiary/aromatic N) is 3. The summed E-state index contributed by atoms with van der Waals surface area (Å²) in [4.78, 5) is 21.1. The second kappa shape index (κ2) is 8.68. The molecule has 1 N–H and O–H groups in total. The van der Waals surface area contributed by atoms with Crippen LogP contribution >= 0.6 is 0 Å². The summed E-state index contributed by atoms with van der Waals surface area (Å²) in [6.45, 7) is 5.16. The quantitative estimate of drug-likeness (QED) is 0.342. The van der Waals surface area contributed by atoms with Crippen molar-refractivity contribution in [2.24, 2.45) is 0 Å². The first kappa shape index (κ1) is 22.8. The molecule has 6 heteroatoms. The van der Waals surface area contributed by atoms with Gasteiger partial charge < -0.3 is 15.0 Å². The van der Waals surface area contributed by atoms with Gasteiger partial charge in [0.05, 0.1) is 22.6 Å². The fraction of sp³-hybridized carbons (Fsp3) is 0.273. The van der Waals surface area contributed by atoms with E-state index < -0.39 is 0 Å². The summed E-state index contributed by atoms with van der Waals surface area (Å²) in [6, 6.07) is 25.7. The van der Waals surface area contributed by atoms with Crippen molar-refractivity contribution in [2.45, 2.75) is 31.7 Å². The molecule has 8 rings (SSSR count). The predicted molar refractivity (Wildman–Crippen MR) is 156 cm³/mol. The van der Waals surface area contributed by atoms with E-state index in [0.29, 0.717) is 12.5 Å². The van der Waals surface area contributed by atoms with Gasteiger partial charge in [-0.05, 0) is 76.9 Å². The number of piperazine rings is 1. The van der Waals surface area contributed by atoms with Crippen LogP contribution in [-0.2, 0) is 0 Å². The first-order chi connectivity index (χ1) is 19.2. The first-order valence-corrected chi connectivity index (χ1v) is 14.0. The van der Waals surface area contributed by atoms with Crippen LogP contribution in [-0.4, -0.2) is 41.8 Å². The monoisotopic (exact) mass is 514 g/mol. The zero-order valence-electron chi connectivity index (χ0n) is 22.0. The lowest BCUT2D eigenvalue weighted by atomic mass is 9.94. The van der Waals surface area contributed by atoms with E-state index in [2.05, 4.69) is 83.9 Å². The van der Waals surface area contributed by atoms with Gasteiger partial charge in [-0.15, -0.1) is 0 Å². The van der Waals surface area contributed by atoms with Crippen LogP contribution < -0.4 is 20.6 Å². The lowest BCUT2D eigenvalue weighted by Crippen LogP contribution is -2.54. The Bertz CT molecular complexity index is 1830. The highest BCUT2D eigenvalue weighted by molar-refractivity contribution is 6.04. The Morgan fingerprint density at radius 1 is 0.974 bits per heavy atom. The van der Waals surface area contributed by atoms with Gasteiger partial charge in [-0.2, -0.15) is 4.98 Å². The van der Waals surface area contributed by atoms with Crippen LogP contribution in [0.25, 0.3) is 38.5 Å². The van der Waals surface area contributed by atoms with Crippen LogP contribution in [0.4, 0.5) is 5.82 Å². The van der Waals surface area contributed by atoms with Crippen LogP contribution in [0.2, 0.25) is 0 Å². The van der Waals surface area contributed by atoms with Crippen LogP contribution in [0.5, 0.6) is 5.75 Å². The van der Waals surface area contributed by atoms with Gasteiger partial charge in [0.2, 0.25) is 0 Å². The molecule has 4 aromatic carbocycles. The third-order valence-corrected chi connectivity index (χ3v) is 8.61. The van der Waals surface area contributed by atoms with Gasteiger partial charge in [0.25, 0.3) is 0 Å². The summed E-state index contributed by atoms with van der Waals surface area (Å²) >= 11 is 0. The minimum Gasteiger partial charge on any atom is -0.491 e. The van der Waals surface area contributed by atoms with Crippen LogP contribution in [0.15, 0.2) is 77.6 Å². The fourth-order valence-corrected chi connectivity index (χ4v) is 6.59. The average molecular weight is 515 g/mol. The highest BCUT2D eigenvalue weighted by Crippen LogP contribution is 2.45. The number of aryl methyl sites for hydroxylation is 1. The number of anilines is 1. The van der Waals surface area contributed by atoms with Crippen molar-refractivity contribution in [3.05, 3.63) is 94.4 Å². The molecule has 0 bridgehead atoms. The molecule has 0 spiro atoms. The molecule has 1 aliphatic carbocycles. The largest absolute Gasteiger partial charge is 0.491 e. The van der Waals surface area contributed by atoms with Crippen molar-refractivity contribution >= 4 is 27.5 Å². The maximum atomic E-state index is 14.0. The Labute approximate surface area is 226 Å². The highest BCUT2D eigenvalue weighted by atomic mass is 16.5. The Hall–Kier alpha value is -4.16. The zero-order chi connectivity index (χ0) is 26.1. The molecule has 6 nitrogen and oxygen atoms in total. The van der Waals surface area contributed by atoms with E-state index in [1.54, 1.807) is 0 Å². The molecule has 39 heavy (non-hydrogen) atoms. The maximum absolute atomic E-state index is 14.0. The van der Waals surface area contributed by atoms with Gasteiger partial charge in [-0.1, -0.05) is 54.6 Å². The second-order valence-electron chi connectivity index (χ2n) is 11.1. The number of fused-ring (bicyclic) bond motifs is 3. The van der Waals surface area contributed by atoms with E-state index in [1.807, 2.05) is 10.6 Å². The molecule has 1 saturated carbocycles. The molecule has 194 valence electrons. The van der Waals surface area contributed by atoms with Crippen LogP contribution in [0.3, 0.4) is 0 Å². The van der Waals surface area contributed by atoms with Gasteiger partial charge in [-0.25, -0.2) is 4.79 Å². The molecular weight excluding hydrogens is 484 g/mol. The maximum Gasteiger partial charge on any atom is 0.354 e. The summed E-state index contributed by atoms with van der Waals surface area (Å²) in [5.41, 5.74) is 6.19. The van der Waals surface area contributed by atoms with Gasteiger partial charge in [0, 0.05) is 19.6 Å². The standard InChI is InChI=1S/C33H30N4O2/c1-20-6-4-7-22-8-5-10-26(30(20)22)23-16-28-31-29(17-23)39-19-24-18-34-14-15-36(24)32(31)35-33(38)37(28)27-11-3-2-9-25(27)21-12-13-21/h2-11,16-17,21,24,34H,12-15,18-19H2,1H3. The molecule has 3 heterocycles. The number of benzene rings is 4. The molecule has 1 saturated heterocycles. The summed E-state index contributed by atoms with van der Waals surface area (Å²) in [7, 11) is 0. The number of ether oxygens (including phenoxy) is 1. The summed E-state index contributed by atoms with van der Waals surface area (Å²) in [6.07, 6.45) is 2.32. The van der Waals surface area contributed by atoms with E-state index in [9.17, 15) is 4.79 Å². The molecule has 1 atom stereocenters. The Morgan fingerprint density at radius 2 is 1.82 bits per heavy atom. The molecule has 2 aliphatic heterocycles. The smallest absolute Gasteiger partial charge is 0.354 e. The van der Waals surface area contributed by atoms with Crippen LogP contribution in [0, 0.1) is 6.92 Å². The third kappa shape index (κ3) is 3.58. The molecule has 1 aromatic heterocycles. The fourth-order valence-electron chi connectivity index (χ4n) is 6.59. The van der Waals surface area contributed by atoms with Gasteiger partial charge in [0.15, 0.2) is 0 Å². The van der Waals surface area contributed by atoms with Crippen molar-refractivity contribution in [1.82, 2.24) is 14.9 Å². The van der Waals surface area contributed by atoms with E-state index in [4.69, 9.17) is 9.72 Å². The normalized spacial score (nSPS) is 18.6.